The second kappa shape index (κ2) is 5.23. The van der Waals surface area contributed by atoms with Crippen LogP contribution < -0.4 is 10.5 Å². The predicted octanol–water partition coefficient (Wildman–Crippen LogP) is 2.37. The summed E-state index contributed by atoms with van der Waals surface area (Å²) in [5, 5.41) is 1.06. The Morgan fingerprint density at radius 3 is 2.94 bits per heavy atom. The molecular weight excluding hydrogens is 228 g/mol. The van der Waals surface area contributed by atoms with Gasteiger partial charge >= 0.3 is 5.97 Å². The van der Waals surface area contributed by atoms with Crippen LogP contribution in [0, 0.1) is 0 Å². The van der Waals surface area contributed by atoms with Crippen molar-refractivity contribution in [1.82, 2.24) is 4.98 Å². The average Bonchev–Trinajstić information content (AvgIpc) is 2.71. The van der Waals surface area contributed by atoms with Crippen LogP contribution in [-0.2, 0) is 11.2 Å². The highest BCUT2D eigenvalue weighted by Crippen LogP contribution is 2.24. The van der Waals surface area contributed by atoms with Crippen LogP contribution >= 0.6 is 0 Å². The van der Waals surface area contributed by atoms with Gasteiger partial charge in [0.15, 0.2) is 0 Å². The molecule has 96 valence electrons. The number of carbonyl (C=O) groups excluding carboxylic acids is 1. The molecule has 1 aromatic heterocycles. The van der Waals surface area contributed by atoms with Gasteiger partial charge < -0.3 is 15.5 Å². The highest BCUT2D eigenvalue weighted by Gasteiger charge is 2.08. The highest BCUT2D eigenvalue weighted by molar-refractivity contribution is 5.85. The molecule has 0 aliphatic heterocycles. The lowest BCUT2D eigenvalue weighted by molar-refractivity contribution is -0.134. The Balaban J connectivity index is 2.33. The fraction of sp³-hybridized carbons (Fsp3) is 0.357. The monoisotopic (exact) mass is 246 g/mol. The van der Waals surface area contributed by atoms with E-state index in [0.29, 0.717) is 12.2 Å². The predicted molar refractivity (Wildman–Crippen MR) is 71.6 cm³/mol. The van der Waals surface area contributed by atoms with Crippen LogP contribution in [0.5, 0.6) is 5.75 Å². The number of carbonyl (C=O) groups is 1. The summed E-state index contributed by atoms with van der Waals surface area (Å²) in [6.45, 7) is 3.75. The molecule has 2 rings (SSSR count). The van der Waals surface area contributed by atoms with Gasteiger partial charge in [-0.05, 0) is 37.1 Å². The first-order chi connectivity index (χ1) is 8.60. The van der Waals surface area contributed by atoms with Crippen molar-refractivity contribution in [3.63, 3.8) is 0 Å². The van der Waals surface area contributed by atoms with Crippen molar-refractivity contribution < 1.29 is 9.53 Å². The molecular formula is C14H18N2O2. The summed E-state index contributed by atoms with van der Waals surface area (Å²) in [6, 6.07) is 5.70. The van der Waals surface area contributed by atoms with Crippen LogP contribution in [0.4, 0.5) is 0 Å². The molecule has 0 radical (unpaired) electrons. The van der Waals surface area contributed by atoms with Gasteiger partial charge in [-0.2, -0.15) is 0 Å². The number of aromatic nitrogens is 1. The van der Waals surface area contributed by atoms with E-state index in [1.54, 1.807) is 13.0 Å². The molecule has 0 spiro atoms. The van der Waals surface area contributed by atoms with Gasteiger partial charge in [0.1, 0.15) is 5.75 Å². The van der Waals surface area contributed by atoms with Gasteiger partial charge in [-0.1, -0.05) is 6.92 Å². The van der Waals surface area contributed by atoms with Crippen molar-refractivity contribution in [1.29, 1.82) is 0 Å². The number of H-pyrrole nitrogens is 1. The Morgan fingerprint density at radius 1 is 1.50 bits per heavy atom. The largest absolute Gasteiger partial charge is 0.427 e. The van der Waals surface area contributed by atoms with Gasteiger partial charge in [0.25, 0.3) is 0 Å². The molecule has 0 bridgehead atoms. The smallest absolute Gasteiger partial charge is 0.310 e. The van der Waals surface area contributed by atoms with E-state index in [0.717, 1.165) is 22.9 Å². The fourth-order valence-corrected chi connectivity index (χ4v) is 1.94. The Morgan fingerprint density at radius 2 is 2.28 bits per heavy atom. The highest BCUT2D eigenvalue weighted by atomic mass is 16.5. The first-order valence-corrected chi connectivity index (χ1v) is 6.16. The number of esters is 1. The van der Waals surface area contributed by atoms with E-state index < -0.39 is 0 Å². The second-order valence-electron chi connectivity index (χ2n) is 4.53. The molecule has 1 unspecified atom stereocenters. The normalized spacial score (nSPS) is 12.6. The number of ether oxygens (including phenoxy) is 1. The molecule has 4 nitrogen and oxygen atoms in total. The van der Waals surface area contributed by atoms with Crippen molar-refractivity contribution in [3.8, 4) is 5.75 Å². The first kappa shape index (κ1) is 12.6. The second-order valence-corrected chi connectivity index (χ2v) is 4.53. The van der Waals surface area contributed by atoms with E-state index in [2.05, 4.69) is 4.98 Å². The quantitative estimate of drug-likeness (QED) is 0.643. The number of nitrogens with two attached hydrogens (primary N) is 1. The van der Waals surface area contributed by atoms with Gasteiger partial charge in [0.05, 0.1) is 0 Å². The van der Waals surface area contributed by atoms with Crippen molar-refractivity contribution >= 4 is 16.9 Å². The number of fused-ring (bicyclic) bond motifs is 1. The van der Waals surface area contributed by atoms with Crippen LogP contribution in [0.3, 0.4) is 0 Å². The minimum atomic E-state index is -0.223. The molecule has 0 saturated carbocycles. The zero-order valence-corrected chi connectivity index (χ0v) is 10.7. The van der Waals surface area contributed by atoms with Crippen LogP contribution in [0.2, 0.25) is 0 Å². The summed E-state index contributed by atoms with van der Waals surface area (Å²) < 4.78 is 5.22. The number of aromatic amines is 1. The van der Waals surface area contributed by atoms with E-state index in [1.165, 1.54) is 0 Å². The lowest BCUT2D eigenvalue weighted by atomic mass is 10.1. The third-order valence-corrected chi connectivity index (χ3v) is 2.80. The van der Waals surface area contributed by atoms with Crippen molar-refractivity contribution in [2.45, 2.75) is 32.7 Å². The molecule has 3 N–H and O–H groups in total. The Kier molecular flexibility index (Phi) is 3.67. The minimum Gasteiger partial charge on any atom is -0.427 e. The molecule has 1 atom stereocenters. The lowest BCUT2D eigenvalue weighted by Gasteiger charge is -2.05. The molecule has 1 heterocycles. The van der Waals surface area contributed by atoms with Crippen molar-refractivity contribution in [2.75, 3.05) is 0 Å². The molecule has 0 aliphatic rings. The van der Waals surface area contributed by atoms with Gasteiger partial charge in [-0.3, -0.25) is 4.79 Å². The third kappa shape index (κ3) is 2.71. The molecule has 0 aliphatic carbocycles. The third-order valence-electron chi connectivity index (χ3n) is 2.80. The molecule has 2 aromatic rings. The molecule has 0 saturated heterocycles. The summed E-state index contributed by atoms with van der Waals surface area (Å²) in [6.07, 6.45) is 3.13. The van der Waals surface area contributed by atoms with Crippen LogP contribution in [-0.4, -0.2) is 17.0 Å². The SMILES string of the molecule is CCC(=O)Oc1ccc2[nH]cc(CC(C)N)c2c1. The van der Waals surface area contributed by atoms with Crippen LogP contribution in [0.25, 0.3) is 10.9 Å². The van der Waals surface area contributed by atoms with Gasteiger partial charge in [-0.25, -0.2) is 0 Å². The van der Waals surface area contributed by atoms with Gasteiger partial charge in [0, 0.05) is 29.6 Å². The number of benzene rings is 1. The summed E-state index contributed by atoms with van der Waals surface area (Å²) in [4.78, 5) is 14.5. The number of hydrogen-bond donors (Lipinski definition) is 2. The first-order valence-electron chi connectivity index (χ1n) is 6.16. The lowest BCUT2D eigenvalue weighted by Crippen LogP contribution is -2.17. The summed E-state index contributed by atoms with van der Waals surface area (Å²) >= 11 is 0. The maximum atomic E-state index is 11.3. The maximum absolute atomic E-state index is 11.3. The van der Waals surface area contributed by atoms with E-state index in [4.69, 9.17) is 10.5 Å². The van der Waals surface area contributed by atoms with Crippen molar-refractivity contribution in [3.05, 3.63) is 30.0 Å². The standard InChI is InChI=1S/C14H18N2O2/c1-3-14(17)18-11-4-5-13-12(7-11)10(8-16-13)6-9(2)15/h4-5,7-9,16H,3,6,15H2,1-2H3. The minimum absolute atomic E-state index is 0.103. The Bertz CT molecular complexity index is 558. The zero-order valence-electron chi connectivity index (χ0n) is 10.7. The van der Waals surface area contributed by atoms with Crippen LogP contribution in [0.15, 0.2) is 24.4 Å². The maximum Gasteiger partial charge on any atom is 0.310 e. The number of rotatable bonds is 4. The molecule has 18 heavy (non-hydrogen) atoms. The van der Waals surface area contributed by atoms with E-state index >= 15 is 0 Å². The van der Waals surface area contributed by atoms with E-state index in [-0.39, 0.29) is 12.0 Å². The Hall–Kier alpha value is -1.81. The summed E-state index contributed by atoms with van der Waals surface area (Å²) in [7, 11) is 0. The average molecular weight is 246 g/mol. The molecule has 1 aromatic carbocycles. The van der Waals surface area contributed by atoms with Crippen LogP contribution in [0.1, 0.15) is 25.8 Å². The van der Waals surface area contributed by atoms with Crippen molar-refractivity contribution in [2.24, 2.45) is 5.73 Å². The number of hydrogen-bond acceptors (Lipinski definition) is 3. The number of nitrogens with one attached hydrogen (secondary N) is 1. The summed E-state index contributed by atoms with van der Waals surface area (Å²) in [5.41, 5.74) is 7.99. The Labute approximate surface area is 106 Å². The molecule has 4 heteroatoms. The zero-order chi connectivity index (χ0) is 13.1. The van der Waals surface area contributed by atoms with Gasteiger partial charge in [0.2, 0.25) is 0 Å². The summed E-state index contributed by atoms with van der Waals surface area (Å²) in [5.74, 6) is 0.360. The fourth-order valence-electron chi connectivity index (χ4n) is 1.94. The van der Waals surface area contributed by atoms with E-state index in [9.17, 15) is 4.79 Å². The van der Waals surface area contributed by atoms with E-state index in [1.807, 2.05) is 25.3 Å². The molecule has 0 amide bonds. The van der Waals surface area contributed by atoms with Gasteiger partial charge in [-0.15, -0.1) is 0 Å². The molecule has 0 fully saturated rings. The topological polar surface area (TPSA) is 68.1 Å².